The molecule has 1 amide bonds. The number of aromatic nitrogens is 2. The van der Waals surface area contributed by atoms with E-state index in [1.807, 2.05) is 12.1 Å². The van der Waals surface area contributed by atoms with E-state index in [2.05, 4.69) is 62.8 Å². The lowest BCUT2D eigenvalue weighted by Gasteiger charge is -2.15. The summed E-state index contributed by atoms with van der Waals surface area (Å²) in [5, 5.41) is 19.2. The molecule has 7 heteroatoms. The Morgan fingerprint density at radius 2 is 1.89 bits per heavy atom. The Kier molecular flexibility index (Phi) is 6.16. The van der Waals surface area contributed by atoms with Crippen LogP contribution in [0.3, 0.4) is 0 Å². The number of nitrogens with zero attached hydrogens (tertiary/aromatic N) is 1. The smallest absolute Gasteiger partial charge is 0.252 e. The lowest BCUT2D eigenvalue weighted by Crippen LogP contribution is -2.22. The number of hydrogen-bond acceptors (Lipinski definition) is 4. The van der Waals surface area contributed by atoms with E-state index in [1.54, 1.807) is 18.2 Å². The van der Waals surface area contributed by atoms with Gasteiger partial charge in [-0.05, 0) is 72.3 Å². The van der Waals surface area contributed by atoms with Gasteiger partial charge in [-0.15, -0.1) is 0 Å². The van der Waals surface area contributed by atoms with Crippen molar-refractivity contribution in [3.8, 4) is 5.75 Å². The van der Waals surface area contributed by atoms with Gasteiger partial charge in [0, 0.05) is 59.1 Å². The Bertz CT molecular complexity index is 1600. The highest BCUT2D eigenvalue weighted by Gasteiger charge is 2.33. The quantitative estimate of drug-likeness (QED) is 0.192. The molecular weight excluding hydrogens is 462 g/mol. The second-order valence-corrected chi connectivity index (χ2v) is 9.74. The van der Waals surface area contributed by atoms with Gasteiger partial charge in [0.25, 0.3) is 5.91 Å². The standard InChI is InChI=1S/C30H31N5O2/c31-12-3-4-13-35-14-11-20-8-7-19(15-27(20)35)17-32-18-26-28(23-5-1-2-6-25(23)33-26)29-24-16-21(36)9-10-22(24)30(37)34-29/h1-2,5-11,14-16,29,32-33,36H,3-4,12-13,17-18,31H2,(H,34,37). The van der Waals surface area contributed by atoms with Crippen LogP contribution in [0.15, 0.2) is 72.9 Å². The number of aromatic hydroxyl groups is 1. The highest BCUT2D eigenvalue weighted by atomic mass is 16.3. The highest BCUT2D eigenvalue weighted by Crippen LogP contribution is 2.38. The van der Waals surface area contributed by atoms with Crippen molar-refractivity contribution in [1.82, 2.24) is 20.2 Å². The Morgan fingerprint density at radius 1 is 1.00 bits per heavy atom. The van der Waals surface area contributed by atoms with E-state index in [-0.39, 0.29) is 17.7 Å². The zero-order chi connectivity index (χ0) is 25.4. The summed E-state index contributed by atoms with van der Waals surface area (Å²) in [5.41, 5.74) is 12.6. The fourth-order valence-corrected chi connectivity index (χ4v) is 5.49. The molecule has 0 radical (unpaired) electrons. The van der Waals surface area contributed by atoms with Crippen LogP contribution in [-0.4, -0.2) is 27.1 Å². The molecule has 5 aromatic rings. The van der Waals surface area contributed by atoms with Crippen molar-refractivity contribution in [2.45, 2.75) is 38.5 Å². The van der Waals surface area contributed by atoms with Crippen molar-refractivity contribution >= 4 is 27.7 Å². The lowest BCUT2D eigenvalue weighted by molar-refractivity contribution is 0.0960. The first-order valence-electron chi connectivity index (χ1n) is 12.8. The fraction of sp³-hybridized carbons (Fsp3) is 0.233. The minimum atomic E-state index is -0.323. The van der Waals surface area contributed by atoms with E-state index in [4.69, 9.17) is 5.73 Å². The van der Waals surface area contributed by atoms with Crippen LogP contribution >= 0.6 is 0 Å². The molecule has 0 saturated carbocycles. The summed E-state index contributed by atoms with van der Waals surface area (Å²) < 4.78 is 2.31. The molecule has 6 N–H and O–H groups in total. The molecule has 3 heterocycles. The molecular formula is C30H31N5O2. The SMILES string of the molecule is NCCCCn1ccc2ccc(CNCc3[nH]c4ccccc4c3C3NC(=O)c4ccc(O)cc43)cc21. The molecule has 37 heavy (non-hydrogen) atoms. The third-order valence-corrected chi connectivity index (χ3v) is 7.31. The number of fused-ring (bicyclic) bond motifs is 3. The van der Waals surface area contributed by atoms with E-state index in [9.17, 15) is 9.90 Å². The number of benzene rings is 3. The predicted octanol–water partition coefficient (Wildman–Crippen LogP) is 4.69. The van der Waals surface area contributed by atoms with E-state index in [0.717, 1.165) is 53.7 Å². The maximum absolute atomic E-state index is 12.7. The molecule has 0 fully saturated rings. The Hall–Kier alpha value is -4.07. The van der Waals surface area contributed by atoms with Gasteiger partial charge in [-0.2, -0.15) is 0 Å². The van der Waals surface area contributed by atoms with Crippen molar-refractivity contribution in [1.29, 1.82) is 0 Å². The minimum Gasteiger partial charge on any atom is -0.508 e. The molecule has 2 aromatic heterocycles. The molecule has 1 atom stereocenters. The van der Waals surface area contributed by atoms with Gasteiger partial charge >= 0.3 is 0 Å². The number of unbranched alkanes of at least 4 members (excludes halogenated alkanes) is 1. The van der Waals surface area contributed by atoms with E-state index >= 15 is 0 Å². The van der Waals surface area contributed by atoms with Gasteiger partial charge in [-0.3, -0.25) is 4.79 Å². The summed E-state index contributed by atoms with van der Waals surface area (Å²) in [5.74, 6) is 0.0369. The Balaban J connectivity index is 1.26. The number of carbonyl (C=O) groups excluding carboxylic acids is 1. The third-order valence-electron chi connectivity index (χ3n) is 7.31. The van der Waals surface area contributed by atoms with Gasteiger partial charge in [0.05, 0.1) is 6.04 Å². The van der Waals surface area contributed by atoms with Crippen molar-refractivity contribution in [3.05, 3.63) is 101 Å². The number of H-pyrrole nitrogens is 1. The molecule has 1 aliphatic rings. The summed E-state index contributed by atoms with van der Waals surface area (Å²) in [6.45, 7) is 3.02. The number of para-hydroxylation sites is 1. The molecule has 1 unspecified atom stereocenters. The normalized spacial score (nSPS) is 14.9. The van der Waals surface area contributed by atoms with Crippen molar-refractivity contribution in [3.63, 3.8) is 0 Å². The third kappa shape index (κ3) is 4.37. The largest absolute Gasteiger partial charge is 0.508 e. The van der Waals surface area contributed by atoms with Gasteiger partial charge in [-0.1, -0.05) is 30.3 Å². The van der Waals surface area contributed by atoms with Crippen LogP contribution in [0.5, 0.6) is 5.75 Å². The first kappa shape index (κ1) is 23.3. The van der Waals surface area contributed by atoms with Crippen LogP contribution in [0.2, 0.25) is 0 Å². The Labute approximate surface area is 215 Å². The second-order valence-electron chi connectivity index (χ2n) is 9.74. The van der Waals surface area contributed by atoms with Crippen LogP contribution < -0.4 is 16.4 Å². The average Bonchev–Trinajstić information content (AvgIpc) is 3.57. The monoisotopic (exact) mass is 493 g/mol. The molecule has 1 aliphatic heterocycles. The second kappa shape index (κ2) is 9.76. The Morgan fingerprint density at radius 3 is 2.78 bits per heavy atom. The van der Waals surface area contributed by atoms with Crippen LogP contribution in [0, 0.1) is 0 Å². The highest BCUT2D eigenvalue weighted by molar-refractivity contribution is 6.01. The van der Waals surface area contributed by atoms with Gasteiger partial charge in [0.1, 0.15) is 5.75 Å². The fourth-order valence-electron chi connectivity index (χ4n) is 5.49. The number of nitrogens with one attached hydrogen (secondary N) is 3. The number of carbonyl (C=O) groups is 1. The summed E-state index contributed by atoms with van der Waals surface area (Å²) in [4.78, 5) is 16.3. The van der Waals surface area contributed by atoms with Crippen molar-refractivity contribution in [2.75, 3.05) is 6.54 Å². The number of aryl methyl sites for hydroxylation is 1. The molecule has 0 bridgehead atoms. The van der Waals surface area contributed by atoms with E-state index < -0.39 is 0 Å². The number of amides is 1. The summed E-state index contributed by atoms with van der Waals surface area (Å²) in [6, 6.07) is 21.5. The maximum Gasteiger partial charge on any atom is 0.252 e. The molecule has 3 aromatic carbocycles. The zero-order valence-corrected chi connectivity index (χ0v) is 20.6. The van der Waals surface area contributed by atoms with Gasteiger partial charge in [0.2, 0.25) is 0 Å². The summed E-state index contributed by atoms with van der Waals surface area (Å²) >= 11 is 0. The first-order chi connectivity index (χ1) is 18.1. The van der Waals surface area contributed by atoms with E-state index in [1.165, 1.54) is 16.5 Å². The van der Waals surface area contributed by atoms with Gasteiger partial charge in [0.15, 0.2) is 0 Å². The van der Waals surface area contributed by atoms with Crippen LogP contribution in [0.1, 0.15) is 51.6 Å². The van der Waals surface area contributed by atoms with Crippen molar-refractivity contribution < 1.29 is 9.90 Å². The van der Waals surface area contributed by atoms with Crippen molar-refractivity contribution in [2.24, 2.45) is 5.73 Å². The number of hydrogen-bond donors (Lipinski definition) is 5. The van der Waals surface area contributed by atoms with Gasteiger partial charge in [-0.25, -0.2) is 0 Å². The summed E-state index contributed by atoms with van der Waals surface area (Å²) in [6.07, 6.45) is 4.25. The number of phenolic OH excluding ortho intramolecular Hbond substituents is 1. The first-order valence-corrected chi connectivity index (χ1v) is 12.8. The predicted molar refractivity (Wildman–Crippen MR) is 146 cm³/mol. The molecule has 188 valence electrons. The average molecular weight is 494 g/mol. The topological polar surface area (TPSA) is 108 Å². The van der Waals surface area contributed by atoms with Gasteiger partial charge < -0.3 is 31.0 Å². The number of nitrogens with two attached hydrogens (primary N) is 1. The number of phenols is 1. The lowest BCUT2D eigenvalue weighted by atomic mass is 9.95. The van der Waals surface area contributed by atoms with Crippen LogP contribution in [0.25, 0.3) is 21.8 Å². The number of aromatic amines is 1. The molecule has 7 nitrogen and oxygen atoms in total. The van der Waals surface area contributed by atoms with Crippen LogP contribution in [0.4, 0.5) is 0 Å². The van der Waals surface area contributed by atoms with E-state index in [0.29, 0.717) is 18.7 Å². The molecule has 0 spiro atoms. The molecule has 6 rings (SSSR count). The number of rotatable bonds is 9. The maximum atomic E-state index is 12.7. The summed E-state index contributed by atoms with van der Waals surface area (Å²) in [7, 11) is 0. The zero-order valence-electron chi connectivity index (χ0n) is 20.6. The molecule has 0 aliphatic carbocycles. The van der Waals surface area contributed by atoms with Crippen LogP contribution in [-0.2, 0) is 19.6 Å². The molecule has 0 saturated heterocycles. The minimum absolute atomic E-state index is 0.119.